The van der Waals surface area contributed by atoms with E-state index < -0.39 is 9.84 Å². The van der Waals surface area contributed by atoms with E-state index in [0.29, 0.717) is 4.47 Å². The van der Waals surface area contributed by atoms with E-state index in [0.717, 1.165) is 6.26 Å². The van der Waals surface area contributed by atoms with Crippen molar-refractivity contribution in [2.24, 2.45) is 0 Å². The number of halogens is 3. The van der Waals surface area contributed by atoms with Gasteiger partial charge < -0.3 is 0 Å². The van der Waals surface area contributed by atoms with Crippen molar-refractivity contribution in [3.05, 3.63) is 26.7 Å². The predicted molar refractivity (Wildman–Crippen MR) is 57.3 cm³/mol. The molecule has 1 aromatic carbocycles. The Morgan fingerprint density at radius 1 is 1.23 bits per heavy atom. The lowest BCUT2D eigenvalue weighted by molar-refractivity contribution is 0.602. The Hall–Kier alpha value is 0.230. The molecule has 0 bridgehead atoms. The first-order valence-electron chi connectivity index (χ1n) is 3.17. The van der Waals surface area contributed by atoms with Gasteiger partial charge in [-0.3, -0.25) is 0 Å². The lowest BCUT2D eigenvalue weighted by atomic mass is 10.4. The van der Waals surface area contributed by atoms with E-state index in [2.05, 4.69) is 15.9 Å². The second-order valence-electron chi connectivity index (χ2n) is 2.47. The van der Waals surface area contributed by atoms with Crippen LogP contribution >= 0.6 is 39.1 Å². The first-order valence-corrected chi connectivity index (χ1v) is 6.61. The summed E-state index contributed by atoms with van der Waals surface area (Å²) in [6, 6.07) is 2.71. The van der Waals surface area contributed by atoms with Gasteiger partial charge >= 0.3 is 0 Å². The van der Waals surface area contributed by atoms with Crippen LogP contribution < -0.4 is 0 Å². The molecule has 0 heterocycles. The summed E-state index contributed by atoms with van der Waals surface area (Å²) in [6.07, 6.45) is 1.10. The Bertz CT molecular complexity index is 419. The smallest absolute Gasteiger partial charge is 0.175 e. The van der Waals surface area contributed by atoms with Crippen LogP contribution in [0.25, 0.3) is 0 Å². The van der Waals surface area contributed by atoms with Crippen LogP contribution in [0.5, 0.6) is 0 Å². The first-order chi connectivity index (χ1) is 5.82. The summed E-state index contributed by atoms with van der Waals surface area (Å²) in [5.41, 5.74) is 0. The van der Waals surface area contributed by atoms with Crippen molar-refractivity contribution in [3.8, 4) is 0 Å². The molecule has 1 rings (SSSR count). The summed E-state index contributed by atoms with van der Waals surface area (Å²) in [4.78, 5) is 0.116. The van der Waals surface area contributed by atoms with Gasteiger partial charge in [-0.2, -0.15) is 0 Å². The van der Waals surface area contributed by atoms with Gasteiger partial charge in [0.2, 0.25) is 0 Å². The third-order valence-electron chi connectivity index (χ3n) is 1.39. The van der Waals surface area contributed by atoms with Crippen molar-refractivity contribution in [1.82, 2.24) is 0 Å². The molecular weight excluding hydrogens is 299 g/mol. The zero-order valence-electron chi connectivity index (χ0n) is 6.51. The molecule has 2 nitrogen and oxygen atoms in total. The van der Waals surface area contributed by atoms with Gasteiger partial charge in [0.1, 0.15) is 0 Å². The highest BCUT2D eigenvalue weighted by Crippen LogP contribution is 2.32. The minimum Gasteiger partial charge on any atom is -0.224 e. The maximum Gasteiger partial charge on any atom is 0.175 e. The molecule has 0 saturated carbocycles. The lowest BCUT2D eigenvalue weighted by Gasteiger charge is -2.02. The monoisotopic (exact) mass is 302 g/mol. The average Bonchev–Trinajstić information content (AvgIpc) is 1.97. The van der Waals surface area contributed by atoms with E-state index in [9.17, 15) is 8.42 Å². The molecule has 6 heteroatoms. The molecular formula is C7H5BrCl2O2S. The Morgan fingerprint density at radius 3 is 1.92 bits per heavy atom. The quantitative estimate of drug-likeness (QED) is 0.747. The van der Waals surface area contributed by atoms with Crippen molar-refractivity contribution in [2.75, 3.05) is 6.26 Å². The van der Waals surface area contributed by atoms with E-state index in [-0.39, 0.29) is 14.9 Å². The molecule has 0 atom stereocenters. The summed E-state index contributed by atoms with van der Waals surface area (Å²) in [5, 5.41) is 0.570. The molecule has 0 fully saturated rings. The van der Waals surface area contributed by atoms with Crippen LogP contribution in [0, 0.1) is 0 Å². The van der Waals surface area contributed by atoms with Crippen LogP contribution in [0.15, 0.2) is 21.5 Å². The van der Waals surface area contributed by atoms with Crippen molar-refractivity contribution in [1.29, 1.82) is 0 Å². The van der Waals surface area contributed by atoms with Gasteiger partial charge in [0.05, 0.1) is 19.4 Å². The Balaban J connectivity index is 3.47. The van der Waals surface area contributed by atoms with Crippen LogP contribution in [-0.2, 0) is 9.84 Å². The molecule has 0 unspecified atom stereocenters. The van der Waals surface area contributed by atoms with Crippen LogP contribution in [0.3, 0.4) is 0 Å². The van der Waals surface area contributed by atoms with Crippen LogP contribution in [0.2, 0.25) is 10.0 Å². The molecule has 0 aliphatic heterocycles. The van der Waals surface area contributed by atoms with Gasteiger partial charge in [-0.15, -0.1) is 0 Å². The average molecular weight is 304 g/mol. The molecule has 1 aromatic rings. The number of hydrogen-bond donors (Lipinski definition) is 0. The summed E-state index contributed by atoms with van der Waals surface area (Å²) in [7, 11) is -3.25. The van der Waals surface area contributed by atoms with Crippen molar-refractivity contribution < 1.29 is 8.42 Å². The largest absolute Gasteiger partial charge is 0.224 e. The van der Waals surface area contributed by atoms with Gasteiger partial charge in [-0.1, -0.05) is 23.2 Å². The summed E-state index contributed by atoms with van der Waals surface area (Å²) in [6.45, 7) is 0. The minimum atomic E-state index is -3.25. The van der Waals surface area contributed by atoms with Gasteiger partial charge in [0.25, 0.3) is 0 Å². The molecule has 0 spiro atoms. The lowest BCUT2D eigenvalue weighted by Crippen LogP contribution is -1.96. The molecule has 0 saturated heterocycles. The highest BCUT2D eigenvalue weighted by atomic mass is 79.9. The van der Waals surface area contributed by atoms with Gasteiger partial charge in [-0.05, 0) is 28.1 Å². The molecule has 0 amide bonds. The van der Waals surface area contributed by atoms with Crippen LogP contribution in [0.1, 0.15) is 0 Å². The summed E-state index contributed by atoms with van der Waals surface area (Å²) < 4.78 is 22.7. The van der Waals surface area contributed by atoms with Crippen molar-refractivity contribution >= 4 is 49.0 Å². The first kappa shape index (κ1) is 11.3. The summed E-state index contributed by atoms with van der Waals surface area (Å²) >= 11 is 14.6. The molecule has 13 heavy (non-hydrogen) atoms. The normalized spacial score (nSPS) is 11.7. The molecule has 0 aromatic heterocycles. The van der Waals surface area contributed by atoms with Gasteiger partial charge in [0.15, 0.2) is 9.84 Å². The maximum absolute atomic E-state index is 11.1. The number of sulfone groups is 1. The molecule has 72 valence electrons. The summed E-state index contributed by atoms with van der Waals surface area (Å²) in [5.74, 6) is 0. The fourth-order valence-corrected chi connectivity index (χ4v) is 2.26. The van der Waals surface area contributed by atoms with Crippen LogP contribution in [0.4, 0.5) is 0 Å². The van der Waals surface area contributed by atoms with Crippen molar-refractivity contribution in [2.45, 2.75) is 4.90 Å². The van der Waals surface area contributed by atoms with E-state index >= 15 is 0 Å². The van der Waals surface area contributed by atoms with Crippen LogP contribution in [-0.4, -0.2) is 14.7 Å². The molecule has 0 aliphatic rings. The topological polar surface area (TPSA) is 34.1 Å². The second kappa shape index (κ2) is 3.77. The number of hydrogen-bond acceptors (Lipinski definition) is 2. The fourth-order valence-electron chi connectivity index (χ4n) is 0.746. The maximum atomic E-state index is 11.1. The number of benzene rings is 1. The zero-order valence-corrected chi connectivity index (χ0v) is 10.4. The minimum absolute atomic E-state index is 0.116. The van der Waals surface area contributed by atoms with Gasteiger partial charge in [0, 0.05) is 6.26 Å². The SMILES string of the molecule is CS(=O)(=O)c1cc(Cl)c(Br)c(Cl)c1. The van der Waals surface area contributed by atoms with E-state index in [1.807, 2.05) is 0 Å². The fraction of sp³-hybridized carbons (Fsp3) is 0.143. The third-order valence-corrected chi connectivity index (χ3v) is 4.38. The highest BCUT2D eigenvalue weighted by Gasteiger charge is 2.12. The Kier molecular flexibility index (Phi) is 3.28. The van der Waals surface area contributed by atoms with Crippen molar-refractivity contribution in [3.63, 3.8) is 0 Å². The zero-order chi connectivity index (χ0) is 10.2. The Labute approximate surface area is 94.9 Å². The van der Waals surface area contributed by atoms with E-state index in [4.69, 9.17) is 23.2 Å². The van der Waals surface area contributed by atoms with E-state index in [1.165, 1.54) is 12.1 Å². The standard InChI is InChI=1S/C7H5BrCl2O2S/c1-13(11,12)4-2-5(9)7(8)6(10)3-4/h2-3H,1H3. The third kappa shape index (κ3) is 2.59. The van der Waals surface area contributed by atoms with Gasteiger partial charge in [-0.25, -0.2) is 8.42 Å². The Morgan fingerprint density at radius 2 is 1.62 bits per heavy atom. The molecule has 0 radical (unpaired) electrons. The molecule has 0 N–H and O–H groups in total. The predicted octanol–water partition coefficient (Wildman–Crippen LogP) is 3.16. The van der Waals surface area contributed by atoms with E-state index in [1.54, 1.807) is 0 Å². The number of rotatable bonds is 1. The second-order valence-corrected chi connectivity index (χ2v) is 6.10. The molecule has 0 aliphatic carbocycles. The highest BCUT2D eigenvalue weighted by molar-refractivity contribution is 9.10.